The maximum absolute atomic E-state index is 10.4. The monoisotopic (exact) mass is 265 g/mol. The van der Waals surface area contributed by atoms with Crippen molar-refractivity contribution in [3.8, 4) is 0 Å². The van der Waals surface area contributed by atoms with Crippen LogP contribution in [0.1, 0.15) is 18.1 Å². The summed E-state index contributed by atoms with van der Waals surface area (Å²) < 4.78 is 0. The number of rotatable bonds is 4. The minimum Gasteiger partial charge on any atom is -0.481 e. The third kappa shape index (κ3) is 3.05. The Bertz CT molecular complexity index is 379. The average Bonchev–Trinajstić information content (AvgIpc) is 2.16. The van der Waals surface area contributed by atoms with Crippen molar-refractivity contribution in [1.82, 2.24) is 4.98 Å². The van der Waals surface area contributed by atoms with E-state index in [0.717, 1.165) is 0 Å². The number of hydrogen-bond acceptors (Lipinski definition) is 4. The molecule has 1 aromatic heterocycles. The predicted octanol–water partition coefficient (Wildman–Crippen LogP) is 1.26. The highest BCUT2D eigenvalue weighted by Gasteiger charge is 2.25. The third-order valence-corrected chi connectivity index (χ3v) is 2.54. The molecule has 0 radical (unpaired) electrons. The quantitative estimate of drug-likeness (QED) is 0.763. The number of pyridine rings is 1. The molecule has 0 saturated heterocycles. The van der Waals surface area contributed by atoms with E-state index in [1.54, 1.807) is 0 Å². The van der Waals surface area contributed by atoms with Crippen LogP contribution in [0.5, 0.6) is 0 Å². The molecule has 0 saturated carbocycles. The number of aliphatic carboxylic acids is 1. The molecule has 1 rings (SSSR count). The highest BCUT2D eigenvalue weighted by molar-refractivity contribution is 6.35. The van der Waals surface area contributed by atoms with Crippen LogP contribution in [0.2, 0.25) is 10.0 Å². The fraction of sp³-hybridized carbons (Fsp3) is 0.333. The van der Waals surface area contributed by atoms with Crippen molar-refractivity contribution < 1.29 is 20.1 Å². The minimum atomic E-state index is -1.48. The van der Waals surface area contributed by atoms with Crippen molar-refractivity contribution in [2.75, 3.05) is 0 Å². The van der Waals surface area contributed by atoms with Crippen LogP contribution in [-0.2, 0) is 4.79 Å². The van der Waals surface area contributed by atoms with Gasteiger partial charge in [-0.25, -0.2) is 0 Å². The van der Waals surface area contributed by atoms with Gasteiger partial charge in [-0.3, -0.25) is 9.78 Å². The van der Waals surface area contributed by atoms with Crippen LogP contribution in [0, 0.1) is 0 Å². The van der Waals surface area contributed by atoms with Gasteiger partial charge in [0.25, 0.3) is 0 Å². The molecule has 2 unspecified atom stereocenters. The lowest BCUT2D eigenvalue weighted by molar-refractivity contribution is -0.141. The molecule has 2 atom stereocenters. The number of carboxylic acid groups (broad SMARTS) is 1. The second kappa shape index (κ2) is 5.45. The first kappa shape index (κ1) is 13.2. The molecule has 1 aromatic rings. The number of hydrogen-bond donors (Lipinski definition) is 3. The zero-order valence-corrected chi connectivity index (χ0v) is 9.48. The van der Waals surface area contributed by atoms with Crippen LogP contribution in [0.25, 0.3) is 0 Å². The van der Waals surface area contributed by atoms with E-state index in [1.165, 1.54) is 12.4 Å². The summed E-state index contributed by atoms with van der Waals surface area (Å²) >= 11 is 11.5. The number of halogens is 2. The highest BCUT2D eigenvalue weighted by Crippen LogP contribution is 2.31. The normalized spacial score (nSPS) is 14.5. The predicted molar refractivity (Wildman–Crippen MR) is 57.5 cm³/mol. The zero-order valence-electron chi connectivity index (χ0n) is 7.97. The van der Waals surface area contributed by atoms with Gasteiger partial charge in [0, 0.05) is 18.0 Å². The Balaban J connectivity index is 2.95. The molecule has 3 N–H and O–H groups in total. The van der Waals surface area contributed by atoms with Gasteiger partial charge in [-0.15, -0.1) is 0 Å². The van der Waals surface area contributed by atoms with Crippen molar-refractivity contribution in [1.29, 1.82) is 0 Å². The van der Waals surface area contributed by atoms with Crippen molar-refractivity contribution >= 4 is 29.2 Å². The first-order valence-electron chi connectivity index (χ1n) is 4.30. The molecule has 0 aliphatic rings. The zero-order chi connectivity index (χ0) is 12.3. The van der Waals surface area contributed by atoms with Gasteiger partial charge in [-0.2, -0.15) is 0 Å². The summed E-state index contributed by atoms with van der Waals surface area (Å²) in [4.78, 5) is 14.0. The van der Waals surface area contributed by atoms with Gasteiger partial charge in [0.1, 0.15) is 6.10 Å². The van der Waals surface area contributed by atoms with E-state index in [-0.39, 0.29) is 15.6 Å². The van der Waals surface area contributed by atoms with Gasteiger partial charge in [0.2, 0.25) is 0 Å². The van der Waals surface area contributed by atoms with Crippen LogP contribution >= 0.6 is 23.2 Å². The molecule has 88 valence electrons. The van der Waals surface area contributed by atoms with Crippen molar-refractivity contribution in [3.63, 3.8) is 0 Å². The SMILES string of the molecule is O=C(O)CC(O)C(O)c1c(Cl)cncc1Cl. The largest absolute Gasteiger partial charge is 0.481 e. The van der Waals surface area contributed by atoms with E-state index in [1.807, 2.05) is 0 Å². The summed E-state index contributed by atoms with van der Waals surface area (Å²) in [6.07, 6.45) is -1.04. The number of carboxylic acids is 1. The topological polar surface area (TPSA) is 90.7 Å². The van der Waals surface area contributed by atoms with Crippen LogP contribution in [0.15, 0.2) is 12.4 Å². The summed E-state index contributed by atoms with van der Waals surface area (Å²) in [7, 11) is 0. The lowest BCUT2D eigenvalue weighted by atomic mass is 10.0. The Morgan fingerprint density at radius 3 is 2.25 bits per heavy atom. The van der Waals surface area contributed by atoms with Gasteiger partial charge in [-0.05, 0) is 0 Å². The molecular formula is C9H9Cl2NO4. The Hall–Kier alpha value is -0.880. The number of aliphatic hydroxyl groups excluding tert-OH is 2. The third-order valence-electron chi connectivity index (χ3n) is 1.93. The van der Waals surface area contributed by atoms with Crippen LogP contribution in [-0.4, -0.2) is 32.4 Å². The fourth-order valence-corrected chi connectivity index (χ4v) is 1.78. The standard InChI is InChI=1S/C9H9Cl2NO4/c10-4-2-12-3-5(11)8(4)9(16)6(13)1-7(14)15/h2-3,6,9,13,16H,1H2,(H,14,15). The van der Waals surface area contributed by atoms with Crippen molar-refractivity contribution in [2.45, 2.75) is 18.6 Å². The number of carbonyl (C=O) groups is 1. The lowest BCUT2D eigenvalue weighted by Crippen LogP contribution is -2.22. The Morgan fingerprint density at radius 1 is 1.31 bits per heavy atom. The molecule has 0 bridgehead atoms. The second-order valence-corrected chi connectivity index (χ2v) is 3.94. The summed E-state index contributed by atoms with van der Waals surface area (Å²) in [6.45, 7) is 0. The van der Waals surface area contributed by atoms with E-state index in [4.69, 9.17) is 28.3 Å². The smallest absolute Gasteiger partial charge is 0.306 e. The molecule has 0 aromatic carbocycles. The molecule has 0 aliphatic carbocycles. The Labute approximate surface area is 101 Å². The van der Waals surface area contributed by atoms with E-state index in [9.17, 15) is 15.0 Å². The van der Waals surface area contributed by atoms with Crippen molar-refractivity contribution in [3.05, 3.63) is 28.0 Å². The van der Waals surface area contributed by atoms with Gasteiger partial charge in [0.15, 0.2) is 0 Å². The summed E-state index contributed by atoms with van der Waals surface area (Å²) in [6, 6.07) is 0. The van der Waals surface area contributed by atoms with Crippen LogP contribution < -0.4 is 0 Å². The van der Waals surface area contributed by atoms with Gasteiger partial charge in [-0.1, -0.05) is 23.2 Å². The molecule has 0 amide bonds. The minimum absolute atomic E-state index is 0.0736. The van der Waals surface area contributed by atoms with Gasteiger partial charge < -0.3 is 15.3 Å². The molecule has 0 fully saturated rings. The van der Waals surface area contributed by atoms with Gasteiger partial charge >= 0.3 is 5.97 Å². The van der Waals surface area contributed by atoms with Crippen LogP contribution in [0.4, 0.5) is 0 Å². The maximum atomic E-state index is 10.4. The molecule has 1 heterocycles. The Morgan fingerprint density at radius 2 is 1.81 bits per heavy atom. The number of nitrogens with zero attached hydrogens (tertiary/aromatic N) is 1. The highest BCUT2D eigenvalue weighted by atomic mass is 35.5. The van der Waals surface area contributed by atoms with E-state index >= 15 is 0 Å². The summed E-state index contributed by atoms with van der Waals surface area (Å²) in [5.74, 6) is -1.23. The first-order chi connectivity index (χ1) is 7.43. The summed E-state index contributed by atoms with van der Waals surface area (Å²) in [5.41, 5.74) is 0.0760. The fourth-order valence-electron chi connectivity index (χ4n) is 1.19. The van der Waals surface area contributed by atoms with Crippen molar-refractivity contribution in [2.24, 2.45) is 0 Å². The van der Waals surface area contributed by atoms with Gasteiger partial charge in [0.05, 0.1) is 22.6 Å². The summed E-state index contributed by atoms with van der Waals surface area (Å²) in [5, 5.41) is 27.7. The first-order valence-corrected chi connectivity index (χ1v) is 5.06. The molecule has 7 heteroatoms. The molecular weight excluding hydrogens is 257 g/mol. The maximum Gasteiger partial charge on any atom is 0.306 e. The van der Waals surface area contributed by atoms with E-state index in [2.05, 4.69) is 4.98 Å². The Kier molecular flexibility index (Phi) is 4.49. The molecule has 16 heavy (non-hydrogen) atoms. The molecule has 0 aliphatic heterocycles. The van der Waals surface area contributed by atoms with E-state index < -0.39 is 24.6 Å². The lowest BCUT2D eigenvalue weighted by Gasteiger charge is -2.18. The molecule has 5 nitrogen and oxygen atoms in total. The number of aromatic nitrogens is 1. The molecule has 0 spiro atoms. The average molecular weight is 266 g/mol. The number of aliphatic hydroxyl groups is 2. The second-order valence-electron chi connectivity index (χ2n) is 3.13. The van der Waals surface area contributed by atoms with Crippen LogP contribution in [0.3, 0.4) is 0 Å². The van der Waals surface area contributed by atoms with E-state index in [0.29, 0.717) is 0 Å².